The van der Waals surface area contributed by atoms with Crippen LogP contribution in [0.3, 0.4) is 0 Å². The van der Waals surface area contributed by atoms with E-state index in [0.29, 0.717) is 6.61 Å². The molecule has 0 spiro atoms. The molecule has 21 heavy (non-hydrogen) atoms. The topological polar surface area (TPSA) is 44.5 Å². The van der Waals surface area contributed by atoms with Crippen molar-refractivity contribution in [2.24, 2.45) is 5.73 Å². The molecule has 0 saturated carbocycles. The maximum atomic E-state index is 5.88. The SMILES string of the molecule is COc1cc([C@@H](C)N)ccc1OCCCc1ccccc1. The minimum Gasteiger partial charge on any atom is -0.493 e. The third kappa shape index (κ3) is 4.50. The zero-order valence-corrected chi connectivity index (χ0v) is 12.7. The molecule has 0 unspecified atom stereocenters. The van der Waals surface area contributed by atoms with Crippen molar-refractivity contribution in [3.8, 4) is 11.5 Å². The fourth-order valence-corrected chi connectivity index (χ4v) is 2.19. The van der Waals surface area contributed by atoms with Gasteiger partial charge in [-0.05, 0) is 43.0 Å². The van der Waals surface area contributed by atoms with Crippen molar-refractivity contribution < 1.29 is 9.47 Å². The number of benzene rings is 2. The fourth-order valence-electron chi connectivity index (χ4n) is 2.19. The van der Waals surface area contributed by atoms with Gasteiger partial charge in [0, 0.05) is 6.04 Å². The van der Waals surface area contributed by atoms with Gasteiger partial charge in [-0.25, -0.2) is 0 Å². The van der Waals surface area contributed by atoms with E-state index in [1.54, 1.807) is 7.11 Å². The molecule has 3 heteroatoms. The van der Waals surface area contributed by atoms with Crippen LogP contribution in [0.5, 0.6) is 11.5 Å². The molecule has 0 amide bonds. The minimum atomic E-state index is -0.00830. The highest BCUT2D eigenvalue weighted by atomic mass is 16.5. The van der Waals surface area contributed by atoms with Gasteiger partial charge in [-0.3, -0.25) is 0 Å². The van der Waals surface area contributed by atoms with Crippen molar-refractivity contribution in [1.29, 1.82) is 0 Å². The van der Waals surface area contributed by atoms with E-state index in [1.807, 2.05) is 31.2 Å². The van der Waals surface area contributed by atoms with Gasteiger partial charge >= 0.3 is 0 Å². The van der Waals surface area contributed by atoms with E-state index in [0.717, 1.165) is 29.9 Å². The second-order valence-electron chi connectivity index (χ2n) is 5.14. The van der Waals surface area contributed by atoms with Gasteiger partial charge in [0.25, 0.3) is 0 Å². The normalized spacial score (nSPS) is 12.0. The van der Waals surface area contributed by atoms with Gasteiger partial charge < -0.3 is 15.2 Å². The van der Waals surface area contributed by atoms with E-state index in [4.69, 9.17) is 15.2 Å². The lowest BCUT2D eigenvalue weighted by Gasteiger charge is -2.13. The third-order valence-electron chi connectivity index (χ3n) is 3.42. The summed E-state index contributed by atoms with van der Waals surface area (Å²) < 4.78 is 11.2. The van der Waals surface area contributed by atoms with Crippen LogP contribution in [0.1, 0.15) is 30.5 Å². The summed E-state index contributed by atoms with van der Waals surface area (Å²) >= 11 is 0. The summed E-state index contributed by atoms with van der Waals surface area (Å²) in [6.45, 7) is 2.62. The molecule has 2 rings (SSSR count). The molecule has 2 N–H and O–H groups in total. The first-order valence-electron chi connectivity index (χ1n) is 7.31. The highest BCUT2D eigenvalue weighted by Crippen LogP contribution is 2.29. The Hall–Kier alpha value is -2.00. The molecule has 2 aromatic carbocycles. The lowest BCUT2D eigenvalue weighted by molar-refractivity contribution is 0.289. The number of aryl methyl sites for hydroxylation is 1. The molecule has 0 heterocycles. The van der Waals surface area contributed by atoms with E-state index in [-0.39, 0.29) is 6.04 Å². The lowest BCUT2D eigenvalue weighted by Crippen LogP contribution is -2.06. The summed E-state index contributed by atoms with van der Waals surface area (Å²) in [4.78, 5) is 0. The van der Waals surface area contributed by atoms with Crippen LogP contribution in [0.15, 0.2) is 48.5 Å². The van der Waals surface area contributed by atoms with Gasteiger partial charge in [0.15, 0.2) is 11.5 Å². The average Bonchev–Trinajstić information content (AvgIpc) is 2.52. The summed E-state index contributed by atoms with van der Waals surface area (Å²) in [5, 5.41) is 0. The molecule has 1 atom stereocenters. The summed E-state index contributed by atoms with van der Waals surface area (Å²) in [7, 11) is 1.65. The summed E-state index contributed by atoms with van der Waals surface area (Å²) in [5.74, 6) is 1.51. The number of hydrogen-bond donors (Lipinski definition) is 1. The van der Waals surface area contributed by atoms with Gasteiger partial charge in [0.05, 0.1) is 13.7 Å². The Kier molecular flexibility index (Phi) is 5.64. The van der Waals surface area contributed by atoms with Crippen molar-refractivity contribution >= 4 is 0 Å². The molecule has 112 valence electrons. The van der Waals surface area contributed by atoms with E-state index in [1.165, 1.54) is 5.56 Å². The highest BCUT2D eigenvalue weighted by Gasteiger charge is 2.08. The molecular weight excluding hydrogens is 262 g/mol. The maximum absolute atomic E-state index is 5.88. The maximum Gasteiger partial charge on any atom is 0.161 e. The molecule has 0 aromatic heterocycles. The summed E-state index contributed by atoms with van der Waals surface area (Å²) in [5.41, 5.74) is 8.26. The van der Waals surface area contributed by atoms with Crippen LogP contribution in [-0.2, 0) is 6.42 Å². The molecule has 0 aliphatic rings. The van der Waals surface area contributed by atoms with Crippen molar-refractivity contribution in [2.75, 3.05) is 13.7 Å². The van der Waals surface area contributed by atoms with E-state index < -0.39 is 0 Å². The van der Waals surface area contributed by atoms with Crippen LogP contribution >= 0.6 is 0 Å². The number of nitrogens with two attached hydrogens (primary N) is 1. The molecule has 2 aromatic rings. The Morgan fingerprint density at radius 3 is 2.48 bits per heavy atom. The molecule has 0 fully saturated rings. The van der Waals surface area contributed by atoms with Crippen LogP contribution in [0, 0.1) is 0 Å². The van der Waals surface area contributed by atoms with E-state index in [2.05, 4.69) is 24.3 Å². The van der Waals surface area contributed by atoms with Crippen LogP contribution in [0.2, 0.25) is 0 Å². The van der Waals surface area contributed by atoms with Crippen LogP contribution in [0.25, 0.3) is 0 Å². The molecule has 0 bridgehead atoms. The Morgan fingerprint density at radius 2 is 1.81 bits per heavy atom. The zero-order valence-electron chi connectivity index (χ0n) is 12.7. The first kappa shape index (κ1) is 15.4. The van der Waals surface area contributed by atoms with Gasteiger partial charge in [-0.1, -0.05) is 36.4 Å². The Morgan fingerprint density at radius 1 is 1.05 bits per heavy atom. The van der Waals surface area contributed by atoms with Crippen molar-refractivity contribution in [1.82, 2.24) is 0 Å². The van der Waals surface area contributed by atoms with Crippen molar-refractivity contribution in [3.63, 3.8) is 0 Å². The minimum absolute atomic E-state index is 0.00830. The largest absolute Gasteiger partial charge is 0.493 e. The number of methoxy groups -OCH3 is 1. The van der Waals surface area contributed by atoms with Gasteiger partial charge in [-0.15, -0.1) is 0 Å². The predicted molar refractivity (Wildman–Crippen MR) is 85.9 cm³/mol. The number of ether oxygens (including phenoxy) is 2. The smallest absolute Gasteiger partial charge is 0.161 e. The van der Waals surface area contributed by atoms with E-state index >= 15 is 0 Å². The predicted octanol–water partition coefficient (Wildman–Crippen LogP) is 3.73. The lowest BCUT2D eigenvalue weighted by atomic mass is 10.1. The van der Waals surface area contributed by atoms with Gasteiger partial charge in [-0.2, -0.15) is 0 Å². The Balaban J connectivity index is 1.88. The standard InChI is InChI=1S/C18H23NO2/c1-14(19)16-10-11-17(18(13-16)20-2)21-12-6-9-15-7-4-3-5-8-15/h3-5,7-8,10-11,13-14H,6,9,12,19H2,1-2H3/t14-/m1/s1. The third-order valence-corrected chi connectivity index (χ3v) is 3.42. The monoisotopic (exact) mass is 285 g/mol. The zero-order chi connectivity index (χ0) is 15.1. The first-order valence-corrected chi connectivity index (χ1v) is 7.31. The van der Waals surface area contributed by atoms with Crippen LogP contribution < -0.4 is 15.2 Å². The average molecular weight is 285 g/mol. The molecule has 0 aliphatic carbocycles. The fraction of sp³-hybridized carbons (Fsp3) is 0.333. The summed E-state index contributed by atoms with van der Waals surface area (Å²) in [6.07, 6.45) is 1.99. The molecule has 0 saturated heterocycles. The Bertz CT molecular complexity index is 552. The highest BCUT2D eigenvalue weighted by molar-refractivity contribution is 5.43. The quantitative estimate of drug-likeness (QED) is 0.788. The Labute approximate surface area is 126 Å². The summed E-state index contributed by atoms with van der Waals surface area (Å²) in [6, 6.07) is 16.3. The van der Waals surface area contributed by atoms with Gasteiger partial charge in [0.1, 0.15) is 0 Å². The van der Waals surface area contributed by atoms with Crippen molar-refractivity contribution in [2.45, 2.75) is 25.8 Å². The van der Waals surface area contributed by atoms with Crippen molar-refractivity contribution in [3.05, 3.63) is 59.7 Å². The van der Waals surface area contributed by atoms with Gasteiger partial charge in [0.2, 0.25) is 0 Å². The molecule has 0 aliphatic heterocycles. The number of rotatable bonds is 7. The molecule has 3 nitrogen and oxygen atoms in total. The van der Waals surface area contributed by atoms with Crippen LogP contribution in [-0.4, -0.2) is 13.7 Å². The number of hydrogen-bond acceptors (Lipinski definition) is 3. The second kappa shape index (κ2) is 7.70. The second-order valence-corrected chi connectivity index (χ2v) is 5.14. The molecular formula is C18H23NO2. The first-order chi connectivity index (χ1) is 10.2. The van der Waals surface area contributed by atoms with Crippen LogP contribution in [0.4, 0.5) is 0 Å². The van der Waals surface area contributed by atoms with E-state index in [9.17, 15) is 0 Å². The molecule has 0 radical (unpaired) electrons.